The molecule has 0 bridgehead atoms. The van der Waals surface area contributed by atoms with E-state index >= 15 is 0 Å². The summed E-state index contributed by atoms with van der Waals surface area (Å²) in [7, 11) is 1.36. The summed E-state index contributed by atoms with van der Waals surface area (Å²) in [6.45, 7) is 2.47. The Morgan fingerprint density at radius 1 is 1.77 bits per heavy atom. The van der Waals surface area contributed by atoms with E-state index in [1.807, 2.05) is 19.1 Å². The van der Waals surface area contributed by atoms with Crippen LogP contribution < -0.4 is 11.1 Å². The van der Waals surface area contributed by atoms with Gasteiger partial charge in [0.1, 0.15) is 5.54 Å². The quantitative estimate of drug-likeness (QED) is 0.437. The molecule has 0 saturated heterocycles. The van der Waals surface area contributed by atoms with Crippen LogP contribution in [0.4, 0.5) is 0 Å². The van der Waals surface area contributed by atoms with Gasteiger partial charge >= 0.3 is 5.97 Å². The van der Waals surface area contributed by atoms with Crippen molar-refractivity contribution in [2.24, 2.45) is 5.73 Å². The number of ether oxygens (including phenoxy) is 1. The molecular formula is C9H16N2O2. The SMILES string of the molecule is COC(=O)[C@]1(N)CC=C[C@H](C)NC1. The fraction of sp³-hybridized carbons (Fsp3) is 0.667. The molecule has 1 aliphatic heterocycles. The number of carbonyl (C=O) groups excluding carboxylic acids is 1. The lowest BCUT2D eigenvalue weighted by Crippen LogP contribution is -2.55. The van der Waals surface area contributed by atoms with Crippen molar-refractivity contribution in [1.29, 1.82) is 0 Å². The van der Waals surface area contributed by atoms with Gasteiger partial charge < -0.3 is 15.8 Å². The summed E-state index contributed by atoms with van der Waals surface area (Å²) in [4.78, 5) is 11.3. The molecule has 0 spiro atoms. The predicted molar refractivity (Wildman–Crippen MR) is 50.2 cm³/mol. The van der Waals surface area contributed by atoms with E-state index in [2.05, 4.69) is 10.1 Å². The van der Waals surface area contributed by atoms with E-state index in [0.717, 1.165) is 0 Å². The highest BCUT2D eigenvalue weighted by Gasteiger charge is 2.35. The Balaban J connectivity index is 2.70. The number of hydrogen-bond acceptors (Lipinski definition) is 4. The van der Waals surface area contributed by atoms with Crippen LogP contribution in [0.15, 0.2) is 12.2 Å². The van der Waals surface area contributed by atoms with Crippen LogP contribution in [-0.2, 0) is 9.53 Å². The lowest BCUT2D eigenvalue weighted by atomic mass is 9.97. The van der Waals surface area contributed by atoms with Gasteiger partial charge in [-0.15, -0.1) is 0 Å². The van der Waals surface area contributed by atoms with Gasteiger partial charge in [-0.2, -0.15) is 0 Å². The van der Waals surface area contributed by atoms with Crippen molar-refractivity contribution in [3.05, 3.63) is 12.2 Å². The van der Waals surface area contributed by atoms with E-state index < -0.39 is 5.54 Å². The zero-order valence-electron chi connectivity index (χ0n) is 8.04. The second-order valence-corrected chi connectivity index (χ2v) is 3.45. The van der Waals surface area contributed by atoms with Gasteiger partial charge in [-0.25, -0.2) is 0 Å². The molecule has 0 amide bonds. The zero-order valence-corrected chi connectivity index (χ0v) is 8.04. The number of nitrogens with one attached hydrogen (secondary N) is 1. The second kappa shape index (κ2) is 3.89. The average Bonchev–Trinajstić information content (AvgIpc) is 2.28. The molecule has 0 unspecified atom stereocenters. The molecule has 0 radical (unpaired) electrons. The van der Waals surface area contributed by atoms with Gasteiger partial charge in [0.2, 0.25) is 0 Å². The number of carbonyl (C=O) groups is 1. The van der Waals surface area contributed by atoms with Crippen LogP contribution in [0.3, 0.4) is 0 Å². The fourth-order valence-electron chi connectivity index (χ4n) is 1.32. The van der Waals surface area contributed by atoms with Gasteiger partial charge in [-0.1, -0.05) is 12.2 Å². The summed E-state index contributed by atoms with van der Waals surface area (Å²) in [5.41, 5.74) is 4.98. The van der Waals surface area contributed by atoms with Crippen molar-refractivity contribution in [3.8, 4) is 0 Å². The number of hydrogen-bond donors (Lipinski definition) is 2. The topological polar surface area (TPSA) is 64.3 Å². The van der Waals surface area contributed by atoms with E-state index in [0.29, 0.717) is 13.0 Å². The van der Waals surface area contributed by atoms with Crippen molar-refractivity contribution < 1.29 is 9.53 Å². The maximum absolute atomic E-state index is 11.3. The summed E-state index contributed by atoms with van der Waals surface area (Å²) in [6.07, 6.45) is 4.44. The highest BCUT2D eigenvalue weighted by molar-refractivity contribution is 5.81. The van der Waals surface area contributed by atoms with Gasteiger partial charge in [-0.05, 0) is 13.3 Å². The van der Waals surface area contributed by atoms with E-state index in [1.165, 1.54) is 7.11 Å². The standard InChI is InChI=1S/C9H16N2O2/c1-7-4-3-5-9(10,6-11-7)8(12)13-2/h3-4,7,11H,5-6,10H2,1-2H3/t7-,9-/m0/s1. The average molecular weight is 184 g/mol. The Bertz CT molecular complexity index is 228. The predicted octanol–water partition coefficient (Wildman–Crippen LogP) is -0.205. The molecule has 0 fully saturated rings. The monoisotopic (exact) mass is 184 g/mol. The lowest BCUT2D eigenvalue weighted by Gasteiger charge is -2.24. The van der Waals surface area contributed by atoms with Crippen molar-refractivity contribution in [3.63, 3.8) is 0 Å². The second-order valence-electron chi connectivity index (χ2n) is 3.45. The molecule has 3 N–H and O–H groups in total. The minimum absolute atomic E-state index is 0.259. The molecule has 74 valence electrons. The van der Waals surface area contributed by atoms with Gasteiger partial charge in [0.05, 0.1) is 7.11 Å². The Morgan fingerprint density at radius 3 is 3.08 bits per heavy atom. The van der Waals surface area contributed by atoms with Crippen molar-refractivity contribution in [2.75, 3.05) is 13.7 Å². The van der Waals surface area contributed by atoms with E-state index in [4.69, 9.17) is 5.73 Å². The van der Waals surface area contributed by atoms with E-state index in [1.54, 1.807) is 0 Å². The van der Waals surface area contributed by atoms with Gasteiger partial charge in [-0.3, -0.25) is 4.79 Å². The van der Waals surface area contributed by atoms with Crippen LogP contribution >= 0.6 is 0 Å². The van der Waals surface area contributed by atoms with Crippen LogP contribution in [0.5, 0.6) is 0 Å². The summed E-state index contributed by atoms with van der Waals surface area (Å²) < 4.78 is 4.65. The van der Waals surface area contributed by atoms with Gasteiger partial charge in [0, 0.05) is 12.6 Å². The number of esters is 1. The largest absolute Gasteiger partial charge is 0.468 e. The summed E-state index contributed by atoms with van der Waals surface area (Å²) >= 11 is 0. The molecule has 2 atom stereocenters. The first-order valence-corrected chi connectivity index (χ1v) is 4.36. The first-order valence-electron chi connectivity index (χ1n) is 4.36. The van der Waals surface area contributed by atoms with Gasteiger partial charge in [0.25, 0.3) is 0 Å². The van der Waals surface area contributed by atoms with Crippen LogP contribution in [0, 0.1) is 0 Å². The van der Waals surface area contributed by atoms with E-state index in [-0.39, 0.29) is 12.0 Å². The molecule has 13 heavy (non-hydrogen) atoms. The smallest absolute Gasteiger partial charge is 0.327 e. The molecule has 4 nitrogen and oxygen atoms in total. The Labute approximate surface area is 78.1 Å². The molecule has 0 aromatic carbocycles. The molecule has 0 aromatic heterocycles. The Morgan fingerprint density at radius 2 is 2.46 bits per heavy atom. The number of rotatable bonds is 1. The maximum Gasteiger partial charge on any atom is 0.327 e. The molecule has 1 aliphatic rings. The Kier molecular flexibility index (Phi) is 3.06. The lowest BCUT2D eigenvalue weighted by molar-refractivity contribution is -0.146. The molecule has 1 heterocycles. The van der Waals surface area contributed by atoms with Crippen molar-refractivity contribution in [2.45, 2.75) is 24.9 Å². The molecule has 0 aromatic rings. The molecular weight excluding hydrogens is 168 g/mol. The molecule has 0 saturated carbocycles. The van der Waals surface area contributed by atoms with Crippen molar-refractivity contribution in [1.82, 2.24) is 5.32 Å². The Hall–Kier alpha value is -0.870. The molecule has 0 aliphatic carbocycles. The third-order valence-corrected chi connectivity index (χ3v) is 2.24. The number of nitrogens with two attached hydrogens (primary N) is 1. The number of methoxy groups -OCH3 is 1. The maximum atomic E-state index is 11.3. The molecule has 1 rings (SSSR count). The van der Waals surface area contributed by atoms with E-state index in [9.17, 15) is 4.79 Å². The molecule has 4 heteroatoms. The summed E-state index contributed by atoms with van der Waals surface area (Å²) in [5, 5.41) is 3.14. The first-order chi connectivity index (χ1) is 6.08. The van der Waals surface area contributed by atoms with Crippen LogP contribution in [0.1, 0.15) is 13.3 Å². The normalized spacial score (nSPS) is 33.9. The summed E-state index contributed by atoms with van der Waals surface area (Å²) in [6, 6.07) is 0.259. The minimum Gasteiger partial charge on any atom is -0.468 e. The third kappa shape index (κ3) is 2.29. The van der Waals surface area contributed by atoms with Crippen molar-refractivity contribution >= 4 is 5.97 Å². The highest BCUT2D eigenvalue weighted by atomic mass is 16.5. The summed E-state index contributed by atoms with van der Waals surface area (Å²) in [5.74, 6) is -0.362. The van der Waals surface area contributed by atoms with Crippen LogP contribution in [0.25, 0.3) is 0 Å². The highest BCUT2D eigenvalue weighted by Crippen LogP contribution is 2.12. The van der Waals surface area contributed by atoms with Crippen LogP contribution in [-0.4, -0.2) is 31.2 Å². The first kappa shape index (κ1) is 10.2. The van der Waals surface area contributed by atoms with Crippen LogP contribution in [0.2, 0.25) is 0 Å². The third-order valence-electron chi connectivity index (χ3n) is 2.24. The minimum atomic E-state index is -0.907. The van der Waals surface area contributed by atoms with Gasteiger partial charge in [0.15, 0.2) is 0 Å². The zero-order chi connectivity index (χ0) is 9.90. The fourth-order valence-corrected chi connectivity index (χ4v) is 1.32.